The van der Waals surface area contributed by atoms with Crippen molar-refractivity contribution in [2.45, 2.75) is 31.2 Å². The molecule has 0 bridgehead atoms. The van der Waals surface area contributed by atoms with E-state index in [1.165, 1.54) is 12.1 Å². The van der Waals surface area contributed by atoms with Crippen LogP contribution in [0.25, 0.3) is 11.4 Å². The molecule has 0 unspecified atom stereocenters. The number of aromatic nitrogens is 2. The van der Waals surface area contributed by atoms with E-state index >= 15 is 0 Å². The second kappa shape index (κ2) is 4.68. The Morgan fingerprint density at radius 2 is 2.21 bits per heavy atom. The third-order valence-electron chi connectivity index (χ3n) is 3.49. The smallest absolute Gasteiger partial charge is 0.228 e. The first-order valence-corrected chi connectivity index (χ1v) is 6.92. The summed E-state index contributed by atoms with van der Waals surface area (Å²) in [6.45, 7) is 0. The first-order valence-electron chi connectivity index (χ1n) is 6.13. The molecule has 1 fully saturated rings. The van der Waals surface area contributed by atoms with Gasteiger partial charge < -0.3 is 10.3 Å². The van der Waals surface area contributed by atoms with Gasteiger partial charge in [0.15, 0.2) is 0 Å². The van der Waals surface area contributed by atoms with Crippen molar-refractivity contribution in [3.8, 4) is 11.4 Å². The Kier molecular flexibility index (Phi) is 3.14. The minimum absolute atomic E-state index is 0.191. The highest BCUT2D eigenvalue weighted by Gasteiger charge is 2.34. The highest BCUT2D eigenvalue weighted by molar-refractivity contribution is 9.10. The summed E-state index contributed by atoms with van der Waals surface area (Å²) in [5.41, 5.74) is 6.66. The molecule has 0 saturated heterocycles. The topological polar surface area (TPSA) is 64.9 Å². The summed E-state index contributed by atoms with van der Waals surface area (Å²) in [5.74, 6) is 0.674. The summed E-state index contributed by atoms with van der Waals surface area (Å²) in [7, 11) is 0. The first kappa shape index (κ1) is 12.7. The molecule has 1 aromatic heterocycles. The highest BCUT2D eigenvalue weighted by atomic mass is 79.9. The molecule has 3 rings (SSSR count). The number of halogens is 2. The lowest BCUT2D eigenvalue weighted by Gasteiger charge is -2.36. The van der Waals surface area contributed by atoms with Gasteiger partial charge in [0.2, 0.25) is 11.7 Å². The van der Waals surface area contributed by atoms with Gasteiger partial charge in [0.25, 0.3) is 0 Å². The second-order valence-electron chi connectivity index (χ2n) is 5.03. The van der Waals surface area contributed by atoms with E-state index in [0.29, 0.717) is 28.2 Å². The lowest BCUT2D eigenvalue weighted by atomic mass is 9.75. The molecule has 0 aliphatic heterocycles. The largest absolute Gasteiger partial charge is 0.339 e. The number of benzene rings is 1. The first-order chi connectivity index (χ1) is 9.06. The maximum absolute atomic E-state index is 13.0. The predicted octanol–water partition coefficient (Wildman–Crippen LogP) is 3.06. The van der Waals surface area contributed by atoms with Crippen molar-refractivity contribution in [2.75, 3.05) is 0 Å². The Hall–Kier alpha value is -1.27. The van der Waals surface area contributed by atoms with Crippen LogP contribution in [-0.4, -0.2) is 15.7 Å². The quantitative estimate of drug-likeness (QED) is 0.941. The maximum Gasteiger partial charge on any atom is 0.228 e. The fourth-order valence-corrected chi connectivity index (χ4v) is 2.74. The average Bonchev–Trinajstić information content (AvgIpc) is 2.75. The maximum atomic E-state index is 13.0. The molecule has 0 atom stereocenters. The number of rotatable bonds is 3. The van der Waals surface area contributed by atoms with E-state index in [0.717, 1.165) is 19.3 Å². The number of hydrogen-bond acceptors (Lipinski definition) is 4. The second-order valence-corrected chi connectivity index (χ2v) is 5.88. The number of hydrogen-bond donors (Lipinski definition) is 1. The molecule has 0 radical (unpaired) electrons. The number of nitrogens with zero attached hydrogens (tertiary/aromatic N) is 2. The summed E-state index contributed by atoms with van der Waals surface area (Å²) in [6, 6.07) is 4.36. The summed E-state index contributed by atoms with van der Waals surface area (Å²) >= 11 is 3.29. The van der Waals surface area contributed by atoms with E-state index in [4.69, 9.17) is 10.3 Å². The Bertz CT molecular complexity index is 610. The molecule has 2 aromatic rings. The average molecular weight is 326 g/mol. The molecular weight excluding hydrogens is 313 g/mol. The lowest BCUT2D eigenvalue weighted by molar-refractivity contribution is 0.222. The van der Waals surface area contributed by atoms with Gasteiger partial charge in [-0.05, 0) is 53.4 Å². The van der Waals surface area contributed by atoms with Crippen LogP contribution in [0.3, 0.4) is 0 Å². The molecule has 6 heteroatoms. The van der Waals surface area contributed by atoms with E-state index in [1.807, 2.05) is 0 Å². The monoisotopic (exact) mass is 325 g/mol. The third kappa shape index (κ3) is 2.55. The van der Waals surface area contributed by atoms with Crippen LogP contribution in [0, 0.1) is 5.82 Å². The fourth-order valence-electron chi connectivity index (χ4n) is 2.22. The molecule has 4 nitrogen and oxygen atoms in total. The van der Waals surface area contributed by atoms with E-state index in [-0.39, 0.29) is 11.4 Å². The van der Waals surface area contributed by atoms with Gasteiger partial charge in [0.1, 0.15) is 5.82 Å². The summed E-state index contributed by atoms with van der Waals surface area (Å²) in [6.07, 6.45) is 3.73. The van der Waals surface area contributed by atoms with Gasteiger partial charge in [0, 0.05) is 22.0 Å². The summed E-state index contributed by atoms with van der Waals surface area (Å²) in [5, 5.41) is 3.93. The van der Waals surface area contributed by atoms with Crippen LogP contribution in [0.4, 0.5) is 4.39 Å². The molecule has 1 aliphatic rings. The Morgan fingerprint density at radius 3 is 2.84 bits per heavy atom. The van der Waals surface area contributed by atoms with Crippen LogP contribution in [-0.2, 0) is 6.42 Å². The summed E-state index contributed by atoms with van der Waals surface area (Å²) in [4.78, 5) is 4.33. The van der Waals surface area contributed by atoms with E-state index in [9.17, 15) is 4.39 Å². The Labute approximate surface area is 118 Å². The van der Waals surface area contributed by atoms with Crippen molar-refractivity contribution in [1.29, 1.82) is 0 Å². The molecule has 1 aliphatic carbocycles. The van der Waals surface area contributed by atoms with Gasteiger partial charge in [-0.3, -0.25) is 0 Å². The standard InChI is InChI=1S/C13H13BrFN3O/c14-10-6-8(15)2-3-9(10)12-17-11(19-18-12)7-13(16)4-1-5-13/h2-3,6H,1,4-5,7,16H2. The van der Waals surface area contributed by atoms with Gasteiger partial charge in [0.05, 0.1) is 0 Å². The molecule has 19 heavy (non-hydrogen) atoms. The van der Waals surface area contributed by atoms with Crippen LogP contribution >= 0.6 is 15.9 Å². The fraction of sp³-hybridized carbons (Fsp3) is 0.385. The Morgan fingerprint density at radius 1 is 1.42 bits per heavy atom. The molecule has 1 saturated carbocycles. The van der Waals surface area contributed by atoms with Crippen molar-refractivity contribution in [2.24, 2.45) is 5.73 Å². The van der Waals surface area contributed by atoms with Crippen LogP contribution in [0.15, 0.2) is 27.2 Å². The summed E-state index contributed by atoms with van der Waals surface area (Å²) < 4.78 is 18.9. The molecule has 0 amide bonds. The van der Waals surface area contributed by atoms with Crippen LogP contribution < -0.4 is 5.73 Å². The SMILES string of the molecule is NC1(Cc2nc(-c3ccc(F)cc3Br)no2)CCC1. The van der Waals surface area contributed by atoms with Crippen LogP contribution in [0.2, 0.25) is 0 Å². The van der Waals surface area contributed by atoms with Gasteiger partial charge >= 0.3 is 0 Å². The van der Waals surface area contributed by atoms with Gasteiger partial charge in [-0.25, -0.2) is 4.39 Å². The van der Waals surface area contributed by atoms with Crippen molar-refractivity contribution >= 4 is 15.9 Å². The Balaban J connectivity index is 1.84. The molecule has 1 heterocycles. The van der Waals surface area contributed by atoms with Crippen molar-refractivity contribution < 1.29 is 8.91 Å². The number of nitrogens with two attached hydrogens (primary N) is 1. The van der Waals surface area contributed by atoms with Gasteiger partial charge in [-0.1, -0.05) is 5.16 Å². The normalized spacial score (nSPS) is 17.2. The molecule has 0 spiro atoms. The van der Waals surface area contributed by atoms with Crippen molar-refractivity contribution in [1.82, 2.24) is 10.1 Å². The van der Waals surface area contributed by atoms with E-state index < -0.39 is 0 Å². The molecule has 2 N–H and O–H groups in total. The van der Waals surface area contributed by atoms with Gasteiger partial charge in [-0.15, -0.1) is 0 Å². The minimum Gasteiger partial charge on any atom is -0.339 e. The van der Waals surface area contributed by atoms with E-state index in [1.54, 1.807) is 6.07 Å². The molecule has 1 aromatic carbocycles. The lowest BCUT2D eigenvalue weighted by Crippen LogP contribution is -2.48. The van der Waals surface area contributed by atoms with Crippen molar-refractivity contribution in [3.05, 3.63) is 34.4 Å². The van der Waals surface area contributed by atoms with Crippen LogP contribution in [0.5, 0.6) is 0 Å². The third-order valence-corrected chi connectivity index (χ3v) is 4.15. The molecular formula is C13H13BrFN3O. The van der Waals surface area contributed by atoms with Gasteiger partial charge in [-0.2, -0.15) is 4.98 Å². The minimum atomic E-state index is -0.310. The van der Waals surface area contributed by atoms with E-state index in [2.05, 4.69) is 26.1 Å². The van der Waals surface area contributed by atoms with Crippen molar-refractivity contribution in [3.63, 3.8) is 0 Å². The predicted molar refractivity (Wildman–Crippen MR) is 71.9 cm³/mol. The highest BCUT2D eigenvalue weighted by Crippen LogP contribution is 2.33. The zero-order valence-corrected chi connectivity index (χ0v) is 11.8. The zero-order chi connectivity index (χ0) is 13.5. The zero-order valence-electron chi connectivity index (χ0n) is 10.2. The van der Waals surface area contributed by atoms with Crippen LogP contribution in [0.1, 0.15) is 25.2 Å². The molecule has 100 valence electrons.